The summed E-state index contributed by atoms with van der Waals surface area (Å²) in [6.07, 6.45) is 5.95. The summed E-state index contributed by atoms with van der Waals surface area (Å²) in [4.78, 5) is 14.9. The van der Waals surface area contributed by atoms with Crippen LogP contribution in [0.3, 0.4) is 0 Å². The van der Waals surface area contributed by atoms with Crippen LogP contribution in [0.15, 0.2) is 18.2 Å². The summed E-state index contributed by atoms with van der Waals surface area (Å²) in [5.74, 6) is 0.0450. The number of nitrogens with one attached hydrogen (secondary N) is 1. The third-order valence-electron chi connectivity index (χ3n) is 4.62. The largest absolute Gasteiger partial charge is 0.378 e. The zero-order valence-corrected chi connectivity index (χ0v) is 13.4. The van der Waals surface area contributed by atoms with E-state index in [9.17, 15) is 4.79 Å². The van der Waals surface area contributed by atoms with Crippen LogP contribution in [0, 0.1) is 6.92 Å². The molecule has 1 amide bonds. The minimum Gasteiger partial charge on any atom is -0.378 e. The van der Waals surface area contributed by atoms with E-state index >= 15 is 0 Å². The fourth-order valence-electron chi connectivity index (χ4n) is 3.38. The van der Waals surface area contributed by atoms with Gasteiger partial charge in [0.2, 0.25) is 0 Å². The average Bonchev–Trinajstić information content (AvgIpc) is 3.20. The number of hydrogen-bond donors (Lipinski definition) is 1. The predicted octanol–water partition coefficient (Wildman–Crippen LogP) is 2.89. The molecule has 0 aliphatic carbocycles. The number of benzene rings is 1. The van der Waals surface area contributed by atoms with E-state index in [4.69, 9.17) is 4.74 Å². The second kappa shape index (κ2) is 7.14. The molecule has 1 N–H and O–H groups in total. The van der Waals surface area contributed by atoms with E-state index in [1.807, 2.05) is 13.0 Å². The maximum atomic E-state index is 12.6. The number of rotatable bonds is 5. The summed E-state index contributed by atoms with van der Waals surface area (Å²) >= 11 is 0. The molecule has 120 valence electrons. The molecule has 0 spiro atoms. The lowest BCUT2D eigenvalue weighted by molar-refractivity contribution is 0.0907. The third kappa shape index (κ3) is 3.61. The van der Waals surface area contributed by atoms with Gasteiger partial charge in [-0.2, -0.15) is 0 Å². The SMILES string of the molecule is Cc1ccc(N2CCCC2)c(C(=O)NCC[C@H]2CCCO2)c1. The molecule has 2 heterocycles. The maximum absolute atomic E-state index is 12.6. The zero-order chi connectivity index (χ0) is 15.4. The number of nitrogens with zero attached hydrogens (tertiary/aromatic N) is 1. The van der Waals surface area contributed by atoms with E-state index in [0.29, 0.717) is 12.6 Å². The molecule has 0 bridgehead atoms. The Kier molecular flexibility index (Phi) is 4.98. The second-order valence-electron chi connectivity index (χ2n) is 6.39. The number of anilines is 1. The predicted molar refractivity (Wildman–Crippen MR) is 88.6 cm³/mol. The van der Waals surface area contributed by atoms with Gasteiger partial charge in [0.25, 0.3) is 5.91 Å². The summed E-state index contributed by atoms with van der Waals surface area (Å²) in [6.45, 7) is 5.71. The highest BCUT2D eigenvalue weighted by Crippen LogP contribution is 2.25. The van der Waals surface area contributed by atoms with E-state index in [1.165, 1.54) is 12.8 Å². The van der Waals surface area contributed by atoms with Crippen LogP contribution in [-0.4, -0.2) is 38.3 Å². The minimum atomic E-state index is 0.0450. The van der Waals surface area contributed by atoms with E-state index in [1.54, 1.807) is 0 Å². The topological polar surface area (TPSA) is 41.6 Å². The maximum Gasteiger partial charge on any atom is 0.253 e. The Labute approximate surface area is 132 Å². The summed E-state index contributed by atoms with van der Waals surface area (Å²) in [6, 6.07) is 6.20. The van der Waals surface area contributed by atoms with E-state index in [-0.39, 0.29) is 5.91 Å². The van der Waals surface area contributed by atoms with Crippen LogP contribution >= 0.6 is 0 Å². The van der Waals surface area contributed by atoms with Crippen LogP contribution in [0.5, 0.6) is 0 Å². The number of hydrogen-bond acceptors (Lipinski definition) is 3. The van der Waals surface area contributed by atoms with Crippen molar-refractivity contribution >= 4 is 11.6 Å². The zero-order valence-electron chi connectivity index (χ0n) is 13.4. The molecule has 2 fully saturated rings. The highest BCUT2D eigenvalue weighted by molar-refractivity contribution is 6.00. The van der Waals surface area contributed by atoms with Crippen LogP contribution in [0.4, 0.5) is 5.69 Å². The quantitative estimate of drug-likeness (QED) is 0.909. The lowest BCUT2D eigenvalue weighted by Crippen LogP contribution is -2.29. The highest BCUT2D eigenvalue weighted by atomic mass is 16.5. The minimum absolute atomic E-state index is 0.0450. The summed E-state index contributed by atoms with van der Waals surface area (Å²) in [5.41, 5.74) is 3.03. The van der Waals surface area contributed by atoms with Crippen LogP contribution < -0.4 is 10.2 Å². The molecule has 0 saturated carbocycles. The molecule has 2 aliphatic heterocycles. The van der Waals surface area contributed by atoms with Crippen molar-refractivity contribution < 1.29 is 9.53 Å². The van der Waals surface area contributed by atoms with Gasteiger partial charge in [0.1, 0.15) is 0 Å². The van der Waals surface area contributed by atoms with Gasteiger partial charge in [-0.3, -0.25) is 4.79 Å². The molecule has 1 aromatic rings. The van der Waals surface area contributed by atoms with Gasteiger partial charge in [-0.25, -0.2) is 0 Å². The van der Waals surface area contributed by atoms with Gasteiger partial charge in [-0.1, -0.05) is 11.6 Å². The van der Waals surface area contributed by atoms with Crippen LogP contribution in [0.2, 0.25) is 0 Å². The standard InChI is InChI=1S/C18H26N2O2/c1-14-6-7-17(20-10-2-3-11-20)16(13-14)18(21)19-9-8-15-5-4-12-22-15/h6-7,13,15H,2-5,8-12H2,1H3,(H,19,21)/t15-/m1/s1. The summed E-state index contributed by atoms with van der Waals surface area (Å²) < 4.78 is 5.61. The molecular formula is C18H26N2O2. The first-order chi connectivity index (χ1) is 10.7. The smallest absolute Gasteiger partial charge is 0.253 e. The van der Waals surface area contributed by atoms with Crippen molar-refractivity contribution in [1.82, 2.24) is 5.32 Å². The molecule has 2 saturated heterocycles. The second-order valence-corrected chi connectivity index (χ2v) is 6.39. The molecule has 1 aromatic carbocycles. The Balaban J connectivity index is 1.63. The van der Waals surface area contributed by atoms with Crippen molar-refractivity contribution in [3.05, 3.63) is 29.3 Å². The van der Waals surface area contributed by atoms with Crippen LogP contribution in [0.25, 0.3) is 0 Å². The Morgan fingerprint density at radius 3 is 2.86 bits per heavy atom. The van der Waals surface area contributed by atoms with Crippen LogP contribution in [0.1, 0.15) is 48.0 Å². The Morgan fingerprint density at radius 1 is 1.32 bits per heavy atom. The molecule has 4 nitrogen and oxygen atoms in total. The Hall–Kier alpha value is -1.55. The van der Waals surface area contributed by atoms with Gasteiger partial charge in [0.15, 0.2) is 0 Å². The van der Waals surface area contributed by atoms with E-state index in [2.05, 4.69) is 22.3 Å². The van der Waals surface area contributed by atoms with Crippen molar-refractivity contribution in [2.24, 2.45) is 0 Å². The van der Waals surface area contributed by atoms with Gasteiger partial charge in [0.05, 0.1) is 11.7 Å². The first-order valence-corrected chi connectivity index (χ1v) is 8.49. The van der Waals surface area contributed by atoms with Gasteiger partial charge in [0, 0.05) is 31.9 Å². The normalized spacial score (nSPS) is 21.3. The van der Waals surface area contributed by atoms with E-state index < -0.39 is 0 Å². The number of amides is 1. The lowest BCUT2D eigenvalue weighted by Gasteiger charge is -2.21. The first kappa shape index (κ1) is 15.3. The van der Waals surface area contributed by atoms with Gasteiger partial charge < -0.3 is 15.0 Å². The molecule has 0 aromatic heterocycles. The Morgan fingerprint density at radius 2 is 2.14 bits per heavy atom. The van der Waals surface area contributed by atoms with Gasteiger partial charge in [-0.15, -0.1) is 0 Å². The molecular weight excluding hydrogens is 276 g/mol. The number of carbonyl (C=O) groups excluding carboxylic acids is 1. The van der Waals surface area contributed by atoms with Crippen molar-refractivity contribution in [2.75, 3.05) is 31.1 Å². The molecule has 3 rings (SSSR count). The summed E-state index contributed by atoms with van der Waals surface area (Å²) in [7, 11) is 0. The monoisotopic (exact) mass is 302 g/mol. The molecule has 0 unspecified atom stereocenters. The van der Waals surface area contributed by atoms with Crippen LogP contribution in [-0.2, 0) is 4.74 Å². The number of aryl methyl sites for hydroxylation is 1. The third-order valence-corrected chi connectivity index (χ3v) is 4.62. The summed E-state index contributed by atoms with van der Waals surface area (Å²) in [5, 5.41) is 3.07. The Bertz CT molecular complexity index is 518. The van der Waals surface area contributed by atoms with Gasteiger partial charge in [-0.05, 0) is 51.2 Å². The van der Waals surface area contributed by atoms with Crippen molar-refractivity contribution in [3.8, 4) is 0 Å². The average molecular weight is 302 g/mol. The van der Waals surface area contributed by atoms with Crippen molar-refractivity contribution in [2.45, 2.75) is 45.1 Å². The first-order valence-electron chi connectivity index (χ1n) is 8.49. The molecule has 0 radical (unpaired) electrons. The molecule has 22 heavy (non-hydrogen) atoms. The van der Waals surface area contributed by atoms with Crippen molar-refractivity contribution in [3.63, 3.8) is 0 Å². The van der Waals surface area contributed by atoms with Crippen molar-refractivity contribution in [1.29, 1.82) is 0 Å². The molecule has 2 aliphatic rings. The molecule has 4 heteroatoms. The fraction of sp³-hybridized carbons (Fsp3) is 0.611. The molecule has 1 atom stereocenters. The highest BCUT2D eigenvalue weighted by Gasteiger charge is 2.20. The number of carbonyl (C=O) groups is 1. The fourth-order valence-corrected chi connectivity index (χ4v) is 3.38. The van der Waals surface area contributed by atoms with E-state index in [0.717, 1.165) is 55.8 Å². The lowest BCUT2D eigenvalue weighted by atomic mass is 10.1. The van der Waals surface area contributed by atoms with Gasteiger partial charge >= 0.3 is 0 Å². The number of ether oxygens (including phenoxy) is 1.